The minimum Gasteiger partial charge on any atom is -0.497 e. The van der Waals surface area contributed by atoms with Crippen LogP contribution >= 0.6 is 11.3 Å². The van der Waals surface area contributed by atoms with Crippen molar-refractivity contribution in [3.8, 4) is 11.5 Å². The molecule has 0 saturated carbocycles. The average molecular weight is 399 g/mol. The molecule has 6 nitrogen and oxygen atoms in total. The number of rotatable bonds is 7. The second-order valence-corrected chi connectivity index (χ2v) is 7.05. The molecule has 0 bridgehead atoms. The van der Waals surface area contributed by atoms with Crippen LogP contribution in [0.25, 0.3) is 10.1 Å². The van der Waals surface area contributed by atoms with E-state index < -0.39 is 5.97 Å². The quantitative estimate of drug-likeness (QED) is 0.581. The fourth-order valence-electron chi connectivity index (χ4n) is 2.69. The van der Waals surface area contributed by atoms with Crippen molar-refractivity contribution in [3.05, 3.63) is 52.9 Å². The van der Waals surface area contributed by atoms with Gasteiger partial charge in [-0.1, -0.05) is 13.0 Å². The van der Waals surface area contributed by atoms with E-state index in [0.29, 0.717) is 34.2 Å². The van der Waals surface area contributed by atoms with E-state index in [9.17, 15) is 9.59 Å². The summed E-state index contributed by atoms with van der Waals surface area (Å²) in [4.78, 5) is 25.1. The number of methoxy groups -OCH3 is 2. The summed E-state index contributed by atoms with van der Waals surface area (Å²) in [5, 5.41) is 3.64. The maximum atomic E-state index is 12.6. The maximum absolute atomic E-state index is 12.6. The highest BCUT2D eigenvalue weighted by Gasteiger charge is 2.21. The fourth-order valence-corrected chi connectivity index (χ4v) is 3.74. The predicted molar refractivity (Wildman–Crippen MR) is 110 cm³/mol. The van der Waals surface area contributed by atoms with Crippen LogP contribution in [0.3, 0.4) is 0 Å². The number of anilines is 1. The SMILES string of the molecule is CCCOc1c(C(=O)OC)sc2ccc(NC(=O)c3cccc(OC)c3)cc12. The summed E-state index contributed by atoms with van der Waals surface area (Å²) in [5.41, 5.74) is 1.10. The van der Waals surface area contributed by atoms with Crippen molar-refractivity contribution in [2.75, 3.05) is 26.1 Å². The maximum Gasteiger partial charge on any atom is 0.351 e. The van der Waals surface area contributed by atoms with Crippen LogP contribution < -0.4 is 14.8 Å². The Morgan fingerprint density at radius 2 is 1.93 bits per heavy atom. The summed E-state index contributed by atoms with van der Waals surface area (Å²) in [6, 6.07) is 12.4. The molecule has 0 radical (unpaired) electrons. The van der Waals surface area contributed by atoms with Gasteiger partial charge in [0.05, 0.1) is 20.8 Å². The first kappa shape index (κ1) is 19.7. The number of hydrogen-bond acceptors (Lipinski definition) is 6. The van der Waals surface area contributed by atoms with Gasteiger partial charge in [0.1, 0.15) is 5.75 Å². The third-order valence-corrected chi connectivity index (χ3v) is 5.19. The Balaban J connectivity index is 1.94. The van der Waals surface area contributed by atoms with Crippen LogP contribution in [0.5, 0.6) is 11.5 Å². The van der Waals surface area contributed by atoms with Crippen molar-refractivity contribution in [1.29, 1.82) is 0 Å². The normalized spacial score (nSPS) is 10.5. The number of carbonyl (C=O) groups excluding carboxylic acids is 2. The van der Waals surface area contributed by atoms with Crippen molar-refractivity contribution >= 4 is 39.0 Å². The standard InChI is InChI=1S/C21H21NO5S/c1-4-10-27-18-16-12-14(8-9-17(16)28-19(18)21(24)26-3)22-20(23)13-6-5-7-15(11-13)25-2/h5-9,11-12H,4,10H2,1-3H3,(H,22,23). The second kappa shape index (κ2) is 8.75. The Morgan fingerprint density at radius 1 is 1.11 bits per heavy atom. The molecule has 1 amide bonds. The highest BCUT2D eigenvalue weighted by Crippen LogP contribution is 2.39. The molecule has 0 saturated heterocycles. The van der Waals surface area contributed by atoms with Gasteiger partial charge in [-0.05, 0) is 42.8 Å². The van der Waals surface area contributed by atoms with E-state index in [0.717, 1.165) is 16.5 Å². The van der Waals surface area contributed by atoms with Crippen LogP contribution in [0.1, 0.15) is 33.4 Å². The van der Waals surface area contributed by atoms with Gasteiger partial charge < -0.3 is 19.5 Å². The molecule has 1 N–H and O–H groups in total. The Morgan fingerprint density at radius 3 is 2.64 bits per heavy atom. The first-order valence-corrected chi connectivity index (χ1v) is 9.62. The summed E-state index contributed by atoms with van der Waals surface area (Å²) < 4.78 is 16.7. The van der Waals surface area contributed by atoms with Gasteiger partial charge >= 0.3 is 5.97 Å². The Hall–Kier alpha value is -3.06. The molecule has 0 spiro atoms. The molecule has 0 unspecified atom stereocenters. The van der Waals surface area contributed by atoms with E-state index in [-0.39, 0.29) is 5.91 Å². The summed E-state index contributed by atoms with van der Waals surface area (Å²) in [6.45, 7) is 2.47. The van der Waals surface area contributed by atoms with E-state index >= 15 is 0 Å². The summed E-state index contributed by atoms with van der Waals surface area (Å²) in [5.74, 6) is 0.414. The lowest BCUT2D eigenvalue weighted by atomic mass is 10.1. The number of hydrogen-bond donors (Lipinski definition) is 1. The fraction of sp³-hybridized carbons (Fsp3) is 0.238. The third kappa shape index (κ3) is 4.09. The Kier molecular flexibility index (Phi) is 6.16. The van der Waals surface area contributed by atoms with E-state index in [2.05, 4.69) is 5.32 Å². The zero-order chi connectivity index (χ0) is 20.1. The number of benzene rings is 2. The minimum atomic E-state index is -0.436. The zero-order valence-electron chi connectivity index (χ0n) is 15.9. The summed E-state index contributed by atoms with van der Waals surface area (Å²) >= 11 is 1.31. The van der Waals surface area contributed by atoms with Crippen LogP contribution in [0.15, 0.2) is 42.5 Å². The molecule has 3 rings (SSSR count). The Labute approximate surface area is 167 Å². The monoisotopic (exact) mass is 399 g/mol. The van der Waals surface area contributed by atoms with Crippen molar-refractivity contribution in [2.45, 2.75) is 13.3 Å². The molecule has 7 heteroatoms. The Bertz CT molecular complexity index is 1010. The van der Waals surface area contributed by atoms with Gasteiger partial charge in [0.15, 0.2) is 10.6 Å². The van der Waals surface area contributed by atoms with Crippen LogP contribution in [0.4, 0.5) is 5.69 Å². The molecular formula is C21H21NO5S. The van der Waals surface area contributed by atoms with Crippen molar-refractivity contribution in [2.24, 2.45) is 0 Å². The molecule has 1 heterocycles. The molecule has 3 aromatic rings. The number of ether oxygens (including phenoxy) is 3. The lowest BCUT2D eigenvalue weighted by molar-refractivity contribution is 0.0602. The molecule has 0 aliphatic rings. The second-order valence-electron chi connectivity index (χ2n) is 6.00. The summed E-state index contributed by atoms with van der Waals surface area (Å²) in [7, 11) is 2.90. The van der Waals surface area contributed by atoms with Gasteiger partial charge in [-0.2, -0.15) is 0 Å². The highest BCUT2D eigenvalue weighted by atomic mass is 32.1. The van der Waals surface area contributed by atoms with Gasteiger partial charge in [0, 0.05) is 21.3 Å². The van der Waals surface area contributed by atoms with Crippen molar-refractivity contribution in [1.82, 2.24) is 0 Å². The van der Waals surface area contributed by atoms with Gasteiger partial charge in [0.25, 0.3) is 5.91 Å². The van der Waals surface area contributed by atoms with Gasteiger partial charge in [-0.3, -0.25) is 4.79 Å². The largest absolute Gasteiger partial charge is 0.497 e. The first-order valence-electron chi connectivity index (χ1n) is 8.80. The topological polar surface area (TPSA) is 73.9 Å². The van der Waals surface area contributed by atoms with Crippen LogP contribution in [0, 0.1) is 0 Å². The van der Waals surface area contributed by atoms with Crippen LogP contribution in [-0.4, -0.2) is 32.7 Å². The van der Waals surface area contributed by atoms with E-state index in [1.165, 1.54) is 18.4 Å². The molecule has 0 fully saturated rings. The molecule has 0 aliphatic heterocycles. The first-order chi connectivity index (χ1) is 13.6. The lowest BCUT2D eigenvalue weighted by Crippen LogP contribution is -2.11. The molecule has 28 heavy (non-hydrogen) atoms. The molecule has 146 valence electrons. The number of carbonyl (C=O) groups is 2. The van der Waals surface area contributed by atoms with Crippen molar-refractivity contribution < 1.29 is 23.8 Å². The van der Waals surface area contributed by atoms with Gasteiger partial charge in [-0.15, -0.1) is 11.3 Å². The predicted octanol–water partition coefficient (Wildman–Crippen LogP) is 4.74. The lowest BCUT2D eigenvalue weighted by Gasteiger charge is -2.08. The van der Waals surface area contributed by atoms with Gasteiger partial charge in [-0.25, -0.2) is 4.79 Å². The van der Waals surface area contributed by atoms with E-state index in [1.54, 1.807) is 43.5 Å². The van der Waals surface area contributed by atoms with Crippen LogP contribution in [0.2, 0.25) is 0 Å². The number of thiophene rings is 1. The molecule has 2 aromatic carbocycles. The number of fused-ring (bicyclic) bond motifs is 1. The van der Waals surface area contributed by atoms with E-state index in [1.807, 2.05) is 13.0 Å². The average Bonchev–Trinajstić information content (AvgIpc) is 3.09. The third-order valence-electron chi connectivity index (χ3n) is 4.05. The number of nitrogens with one attached hydrogen (secondary N) is 1. The minimum absolute atomic E-state index is 0.252. The zero-order valence-corrected chi connectivity index (χ0v) is 16.7. The molecule has 0 atom stereocenters. The highest BCUT2D eigenvalue weighted by molar-refractivity contribution is 7.21. The van der Waals surface area contributed by atoms with Crippen LogP contribution in [-0.2, 0) is 4.74 Å². The molecule has 0 aliphatic carbocycles. The summed E-state index contributed by atoms with van der Waals surface area (Å²) in [6.07, 6.45) is 0.810. The van der Waals surface area contributed by atoms with E-state index in [4.69, 9.17) is 14.2 Å². The smallest absolute Gasteiger partial charge is 0.351 e. The molecule has 1 aromatic heterocycles. The van der Waals surface area contributed by atoms with Crippen molar-refractivity contribution in [3.63, 3.8) is 0 Å². The number of amides is 1. The molecular weight excluding hydrogens is 378 g/mol. The van der Waals surface area contributed by atoms with Gasteiger partial charge in [0.2, 0.25) is 0 Å². The number of esters is 1.